The molecule has 1 atom stereocenters. The molecule has 1 unspecified atom stereocenters. The smallest absolute Gasteiger partial charge is 0.319 e. The number of benzene rings is 1. The maximum atomic E-state index is 12.8. The summed E-state index contributed by atoms with van der Waals surface area (Å²) >= 11 is 0. The number of aromatic nitrogens is 2. The lowest BCUT2D eigenvalue weighted by Gasteiger charge is -2.26. The van der Waals surface area contributed by atoms with E-state index in [1.54, 1.807) is 7.05 Å². The fourth-order valence-corrected chi connectivity index (χ4v) is 2.95. The number of amides is 1. The number of hydrogen-bond donors (Lipinski definition) is 3. The van der Waals surface area contributed by atoms with Gasteiger partial charge in [-0.15, -0.1) is 0 Å². The van der Waals surface area contributed by atoms with E-state index in [-0.39, 0.29) is 24.2 Å². The Bertz CT molecular complexity index is 804. The molecule has 26 heavy (non-hydrogen) atoms. The molecule has 3 N–H and O–H groups in total. The van der Waals surface area contributed by atoms with Crippen LogP contribution in [-0.2, 0) is 11.3 Å². The van der Waals surface area contributed by atoms with E-state index in [0.29, 0.717) is 18.9 Å². The van der Waals surface area contributed by atoms with Crippen LogP contribution in [0.15, 0.2) is 41.7 Å². The van der Waals surface area contributed by atoms with E-state index >= 15 is 0 Å². The van der Waals surface area contributed by atoms with E-state index in [2.05, 4.69) is 25.9 Å². The van der Waals surface area contributed by atoms with Crippen molar-refractivity contribution in [3.63, 3.8) is 0 Å². The van der Waals surface area contributed by atoms with Crippen LogP contribution in [0.5, 0.6) is 0 Å². The average Bonchev–Trinajstić information content (AvgIpc) is 3.10. The van der Waals surface area contributed by atoms with Gasteiger partial charge in [0.15, 0.2) is 5.96 Å². The number of alkyl halides is 2. The topological polar surface area (TPSA) is 83.3 Å². The monoisotopic (exact) mass is 362 g/mol. The molecule has 0 fully saturated rings. The number of imidazole rings is 1. The first-order valence-corrected chi connectivity index (χ1v) is 8.21. The van der Waals surface area contributed by atoms with Gasteiger partial charge in [-0.1, -0.05) is 18.2 Å². The quantitative estimate of drug-likeness (QED) is 0.562. The molecule has 2 aromatic rings. The van der Waals surface area contributed by atoms with Crippen LogP contribution in [0.1, 0.15) is 30.3 Å². The number of rotatable bonds is 5. The number of aliphatic imine (C=N–C) groups is 1. The zero-order valence-corrected chi connectivity index (χ0v) is 14.2. The molecule has 1 aliphatic rings. The largest absolute Gasteiger partial charge is 0.356 e. The lowest BCUT2D eigenvalue weighted by Crippen LogP contribution is -2.40. The van der Waals surface area contributed by atoms with Crippen molar-refractivity contribution in [2.24, 2.45) is 4.99 Å². The SMILES string of the molecule is CN=C(NCc1nccn1C(F)F)NCC1CC(=O)Nc2ccccc21. The van der Waals surface area contributed by atoms with Crippen molar-refractivity contribution in [3.8, 4) is 0 Å². The lowest BCUT2D eigenvalue weighted by molar-refractivity contribution is -0.116. The van der Waals surface area contributed by atoms with E-state index in [1.807, 2.05) is 24.3 Å². The molecule has 7 nitrogen and oxygen atoms in total. The highest BCUT2D eigenvalue weighted by molar-refractivity contribution is 5.94. The maximum Gasteiger partial charge on any atom is 0.319 e. The molecule has 3 rings (SSSR count). The first-order valence-electron chi connectivity index (χ1n) is 8.21. The Morgan fingerprint density at radius 1 is 1.42 bits per heavy atom. The fraction of sp³-hybridized carbons (Fsp3) is 0.353. The van der Waals surface area contributed by atoms with Gasteiger partial charge >= 0.3 is 6.55 Å². The first kappa shape index (κ1) is 17.8. The third kappa shape index (κ3) is 3.98. The Balaban J connectivity index is 1.60. The molecule has 2 heterocycles. The van der Waals surface area contributed by atoms with Gasteiger partial charge in [0.25, 0.3) is 0 Å². The third-order valence-electron chi connectivity index (χ3n) is 4.22. The van der Waals surface area contributed by atoms with Crippen molar-refractivity contribution < 1.29 is 13.6 Å². The van der Waals surface area contributed by atoms with E-state index < -0.39 is 6.55 Å². The number of halogens is 2. The number of carbonyl (C=O) groups is 1. The molecule has 0 saturated carbocycles. The van der Waals surface area contributed by atoms with Crippen LogP contribution in [0.2, 0.25) is 0 Å². The molecule has 1 aromatic heterocycles. The Morgan fingerprint density at radius 3 is 3.00 bits per heavy atom. The molecule has 0 aliphatic carbocycles. The summed E-state index contributed by atoms with van der Waals surface area (Å²) in [5.41, 5.74) is 1.88. The number of para-hydroxylation sites is 1. The third-order valence-corrected chi connectivity index (χ3v) is 4.22. The number of hydrogen-bond acceptors (Lipinski definition) is 3. The summed E-state index contributed by atoms with van der Waals surface area (Å²) in [7, 11) is 1.59. The zero-order chi connectivity index (χ0) is 18.5. The van der Waals surface area contributed by atoms with Crippen LogP contribution < -0.4 is 16.0 Å². The number of carbonyl (C=O) groups excluding carboxylic acids is 1. The van der Waals surface area contributed by atoms with Gasteiger partial charge in [0.2, 0.25) is 5.91 Å². The van der Waals surface area contributed by atoms with Crippen LogP contribution >= 0.6 is 0 Å². The van der Waals surface area contributed by atoms with Crippen molar-refractivity contribution in [2.75, 3.05) is 18.9 Å². The number of nitrogens with zero attached hydrogens (tertiary/aromatic N) is 3. The van der Waals surface area contributed by atoms with Gasteiger partial charge in [-0.2, -0.15) is 8.78 Å². The molecule has 0 saturated heterocycles. The summed E-state index contributed by atoms with van der Waals surface area (Å²) in [6.07, 6.45) is 2.93. The minimum atomic E-state index is -2.64. The number of fused-ring (bicyclic) bond motifs is 1. The Morgan fingerprint density at radius 2 is 2.23 bits per heavy atom. The van der Waals surface area contributed by atoms with Crippen molar-refractivity contribution >= 4 is 17.6 Å². The molecular weight excluding hydrogens is 342 g/mol. The van der Waals surface area contributed by atoms with Gasteiger partial charge in [0.1, 0.15) is 5.82 Å². The summed E-state index contributed by atoms with van der Waals surface area (Å²) in [6, 6.07) is 7.66. The number of anilines is 1. The molecule has 0 bridgehead atoms. The highest BCUT2D eigenvalue weighted by atomic mass is 19.3. The maximum absolute atomic E-state index is 12.8. The van der Waals surface area contributed by atoms with Gasteiger partial charge in [-0.25, -0.2) is 4.98 Å². The molecule has 1 amide bonds. The van der Waals surface area contributed by atoms with Crippen LogP contribution in [-0.4, -0.2) is 35.0 Å². The number of nitrogens with one attached hydrogen (secondary N) is 3. The Labute approximate surface area is 149 Å². The van der Waals surface area contributed by atoms with E-state index in [9.17, 15) is 13.6 Å². The lowest BCUT2D eigenvalue weighted by atomic mass is 9.90. The van der Waals surface area contributed by atoms with Crippen LogP contribution in [0.25, 0.3) is 0 Å². The predicted molar refractivity (Wildman–Crippen MR) is 94.1 cm³/mol. The summed E-state index contributed by atoms with van der Waals surface area (Å²) in [4.78, 5) is 19.9. The highest BCUT2D eigenvalue weighted by Gasteiger charge is 2.24. The van der Waals surface area contributed by atoms with E-state index in [4.69, 9.17) is 0 Å². The summed E-state index contributed by atoms with van der Waals surface area (Å²) in [6.45, 7) is -2.03. The van der Waals surface area contributed by atoms with Gasteiger partial charge in [-0.05, 0) is 11.6 Å². The summed E-state index contributed by atoms with van der Waals surface area (Å²) in [5, 5.41) is 8.97. The summed E-state index contributed by atoms with van der Waals surface area (Å²) in [5.74, 6) is 0.640. The standard InChI is InChI=1S/C17H20F2N6O/c1-20-17(23-10-14-21-6-7-25(14)16(18)19)22-9-11-8-15(26)24-13-5-3-2-4-12(11)13/h2-7,11,16H,8-10H2,1H3,(H,24,26)(H2,20,22,23). The molecule has 1 aromatic carbocycles. The Hall–Kier alpha value is -2.97. The Kier molecular flexibility index (Phi) is 5.45. The minimum Gasteiger partial charge on any atom is -0.356 e. The van der Waals surface area contributed by atoms with Crippen LogP contribution in [0.4, 0.5) is 14.5 Å². The second-order valence-corrected chi connectivity index (χ2v) is 5.87. The molecule has 0 spiro atoms. The predicted octanol–water partition coefficient (Wildman–Crippen LogP) is 2.07. The van der Waals surface area contributed by atoms with Gasteiger partial charge in [-0.3, -0.25) is 14.4 Å². The van der Waals surface area contributed by atoms with Crippen LogP contribution in [0.3, 0.4) is 0 Å². The second-order valence-electron chi connectivity index (χ2n) is 5.87. The fourth-order valence-electron chi connectivity index (χ4n) is 2.95. The zero-order valence-electron chi connectivity index (χ0n) is 14.2. The number of guanidine groups is 1. The van der Waals surface area contributed by atoms with E-state index in [1.165, 1.54) is 12.4 Å². The van der Waals surface area contributed by atoms with Gasteiger partial charge < -0.3 is 16.0 Å². The normalized spacial score (nSPS) is 17.0. The van der Waals surface area contributed by atoms with Crippen LogP contribution in [0, 0.1) is 0 Å². The molecule has 0 radical (unpaired) electrons. The molecule has 1 aliphatic heterocycles. The van der Waals surface area contributed by atoms with Crippen molar-refractivity contribution in [3.05, 3.63) is 48.0 Å². The average molecular weight is 362 g/mol. The van der Waals surface area contributed by atoms with Gasteiger partial charge in [0, 0.05) is 44.0 Å². The molecule has 9 heteroatoms. The molecular formula is C17H20F2N6O. The van der Waals surface area contributed by atoms with E-state index in [0.717, 1.165) is 15.8 Å². The van der Waals surface area contributed by atoms with Gasteiger partial charge in [0.05, 0.1) is 6.54 Å². The first-order chi connectivity index (χ1) is 12.6. The molecule has 138 valence electrons. The minimum absolute atomic E-state index is 0.00144. The highest BCUT2D eigenvalue weighted by Crippen LogP contribution is 2.31. The van der Waals surface area contributed by atoms with Crippen molar-refractivity contribution in [1.29, 1.82) is 0 Å². The van der Waals surface area contributed by atoms with Crippen molar-refractivity contribution in [2.45, 2.75) is 25.4 Å². The summed E-state index contributed by atoms with van der Waals surface area (Å²) < 4.78 is 26.5. The second kappa shape index (κ2) is 7.94. The van der Waals surface area contributed by atoms with Crippen molar-refractivity contribution in [1.82, 2.24) is 20.2 Å².